The van der Waals surface area contributed by atoms with Gasteiger partial charge in [-0.25, -0.2) is 8.78 Å². The molecule has 6 rings (SSSR count). The van der Waals surface area contributed by atoms with Crippen LogP contribution in [0.2, 0.25) is 0 Å². The Kier molecular flexibility index (Phi) is 5.72. The highest BCUT2D eigenvalue weighted by Crippen LogP contribution is 2.57. The molecule has 2 heterocycles. The molecular weight excluding hydrogens is 487 g/mol. The van der Waals surface area contributed by atoms with E-state index in [9.17, 15) is 31.9 Å². The first-order valence-electron chi connectivity index (χ1n) is 11.3. The molecule has 3 fully saturated rings. The Morgan fingerprint density at radius 3 is 2.25 bits per heavy atom. The molecule has 0 unspecified atom stereocenters. The van der Waals surface area contributed by atoms with Gasteiger partial charge in [0.05, 0.1) is 0 Å². The molecule has 3 aliphatic carbocycles. The van der Waals surface area contributed by atoms with Gasteiger partial charge in [0.15, 0.2) is 17.4 Å². The van der Waals surface area contributed by atoms with Gasteiger partial charge in [0.25, 0.3) is 5.91 Å². The van der Waals surface area contributed by atoms with Crippen LogP contribution >= 0.6 is 0 Å². The monoisotopic (exact) mass is 508 g/mol. The third kappa shape index (κ3) is 4.28. The van der Waals surface area contributed by atoms with Crippen molar-refractivity contribution >= 4 is 5.91 Å². The molecule has 2 aromatic heterocycles. The predicted octanol–water partition coefficient (Wildman–Crippen LogP) is 5.16. The van der Waals surface area contributed by atoms with Crippen molar-refractivity contribution in [1.29, 1.82) is 0 Å². The quantitative estimate of drug-likeness (QED) is 0.462. The minimum absolute atomic E-state index is 0.170. The summed E-state index contributed by atoms with van der Waals surface area (Å²) in [4.78, 5) is 20.3. The van der Waals surface area contributed by atoms with E-state index in [4.69, 9.17) is 4.52 Å². The fraction of sp³-hybridized carbons (Fsp3) is 0.417. The maximum Gasteiger partial charge on any atom is 0.433 e. The fourth-order valence-electron chi connectivity index (χ4n) is 5.17. The maximum atomic E-state index is 13.6. The van der Waals surface area contributed by atoms with Gasteiger partial charge in [-0.1, -0.05) is 5.16 Å². The van der Waals surface area contributed by atoms with Gasteiger partial charge in [0, 0.05) is 29.3 Å². The van der Waals surface area contributed by atoms with E-state index in [1.54, 1.807) is 0 Å². The van der Waals surface area contributed by atoms with E-state index in [1.807, 2.05) is 0 Å². The van der Waals surface area contributed by atoms with Crippen molar-refractivity contribution in [3.63, 3.8) is 0 Å². The predicted molar refractivity (Wildman–Crippen MR) is 115 cm³/mol. The van der Waals surface area contributed by atoms with E-state index >= 15 is 0 Å². The van der Waals surface area contributed by atoms with Crippen LogP contribution in [0, 0.1) is 17.0 Å². The molecule has 2 bridgehead atoms. The van der Waals surface area contributed by atoms with Crippen LogP contribution in [0.5, 0.6) is 5.75 Å². The SMILES string of the molecule is O=C(NC[C@]12CC[C@](c3nc(-c4ccc(C(F)(F)F)nc4)no3)(CC1)CC2)c1cc(F)c(O)c(F)c1. The topological polar surface area (TPSA) is 101 Å². The van der Waals surface area contributed by atoms with Crippen LogP contribution in [-0.4, -0.2) is 32.7 Å². The average molecular weight is 508 g/mol. The molecule has 7 nitrogen and oxygen atoms in total. The number of carbonyl (C=O) groups excluding carboxylic acids is 1. The molecule has 1 amide bonds. The van der Waals surface area contributed by atoms with Gasteiger partial charge in [-0.15, -0.1) is 0 Å². The molecule has 2 N–H and O–H groups in total. The number of phenolic OH excluding ortho intramolecular Hbond substituents is 1. The summed E-state index contributed by atoms with van der Waals surface area (Å²) in [6, 6.07) is 3.70. The second-order valence-corrected chi connectivity index (χ2v) is 9.60. The summed E-state index contributed by atoms with van der Waals surface area (Å²) in [6.07, 6.45) is 0.957. The number of nitrogens with one attached hydrogen (secondary N) is 1. The Morgan fingerprint density at radius 2 is 1.69 bits per heavy atom. The lowest BCUT2D eigenvalue weighted by Crippen LogP contribution is -2.49. The second-order valence-electron chi connectivity index (χ2n) is 9.60. The van der Waals surface area contributed by atoms with Crippen molar-refractivity contribution in [3.05, 3.63) is 59.2 Å². The van der Waals surface area contributed by atoms with Crippen molar-refractivity contribution in [2.45, 2.75) is 50.1 Å². The molecule has 190 valence electrons. The van der Waals surface area contributed by atoms with Crippen LogP contribution in [0.4, 0.5) is 22.0 Å². The summed E-state index contributed by atoms with van der Waals surface area (Å²) < 4.78 is 71.0. The standard InChI is InChI=1S/C24H21F5N4O3/c25-15-9-14(10-16(26)18(15)34)20(35)31-12-22-3-6-23(7-4-22,8-5-22)21-32-19(33-36-21)13-1-2-17(30-11-13)24(27,28)29/h1-2,9-11,34H,3-8,12H2,(H,31,35)/t22-,23+. The van der Waals surface area contributed by atoms with E-state index in [1.165, 1.54) is 6.07 Å². The van der Waals surface area contributed by atoms with Gasteiger partial charge in [-0.3, -0.25) is 9.78 Å². The lowest BCUT2D eigenvalue weighted by Gasteiger charge is -2.51. The summed E-state index contributed by atoms with van der Waals surface area (Å²) in [6.45, 7) is 0.332. The van der Waals surface area contributed by atoms with Crippen molar-refractivity contribution in [2.24, 2.45) is 5.41 Å². The molecule has 0 spiro atoms. The first-order valence-corrected chi connectivity index (χ1v) is 11.3. The number of benzene rings is 1. The normalized spacial score (nSPS) is 23.6. The van der Waals surface area contributed by atoms with Crippen molar-refractivity contribution in [3.8, 4) is 17.1 Å². The van der Waals surface area contributed by atoms with Crippen molar-refractivity contribution in [2.75, 3.05) is 6.54 Å². The highest BCUT2D eigenvalue weighted by atomic mass is 19.4. The average Bonchev–Trinajstić information content (AvgIpc) is 3.38. The third-order valence-electron chi connectivity index (χ3n) is 7.50. The van der Waals surface area contributed by atoms with Gasteiger partial charge in [0.1, 0.15) is 5.69 Å². The Labute approximate surface area is 201 Å². The smallest absolute Gasteiger partial charge is 0.433 e. The van der Waals surface area contributed by atoms with E-state index < -0.39 is 35.2 Å². The van der Waals surface area contributed by atoms with Crippen LogP contribution < -0.4 is 5.32 Å². The molecule has 0 aliphatic heterocycles. The second kappa shape index (κ2) is 8.52. The molecular formula is C24H21F5N4O3. The summed E-state index contributed by atoms with van der Waals surface area (Å²) in [5.41, 5.74) is -1.42. The van der Waals surface area contributed by atoms with E-state index in [2.05, 4.69) is 20.4 Å². The van der Waals surface area contributed by atoms with E-state index in [0.29, 0.717) is 18.0 Å². The number of alkyl halides is 3. The lowest BCUT2D eigenvalue weighted by atomic mass is 9.53. The lowest BCUT2D eigenvalue weighted by molar-refractivity contribution is -0.141. The van der Waals surface area contributed by atoms with Crippen LogP contribution in [0.1, 0.15) is 60.5 Å². The summed E-state index contributed by atoms with van der Waals surface area (Å²) in [5, 5.41) is 15.9. The van der Waals surface area contributed by atoms with Gasteiger partial charge < -0.3 is 14.9 Å². The number of carbonyl (C=O) groups is 1. The summed E-state index contributed by atoms with van der Waals surface area (Å²) >= 11 is 0. The number of rotatable bonds is 5. The molecule has 3 aliphatic rings. The van der Waals surface area contributed by atoms with Gasteiger partial charge >= 0.3 is 6.18 Å². The first-order chi connectivity index (χ1) is 17.0. The highest BCUT2D eigenvalue weighted by molar-refractivity contribution is 5.94. The Hall–Kier alpha value is -3.57. The number of halogens is 5. The highest BCUT2D eigenvalue weighted by Gasteiger charge is 2.52. The zero-order valence-corrected chi connectivity index (χ0v) is 18.8. The number of amides is 1. The van der Waals surface area contributed by atoms with E-state index in [0.717, 1.165) is 62.9 Å². The molecule has 0 atom stereocenters. The van der Waals surface area contributed by atoms with Gasteiger partial charge in [0.2, 0.25) is 11.7 Å². The molecule has 12 heteroatoms. The number of fused-ring (bicyclic) bond motifs is 3. The number of hydrogen-bond acceptors (Lipinski definition) is 6. The van der Waals surface area contributed by atoms with Gasteiger partial charge in [-0.2, -0.15) is 18.2 Å². The zero-order valence-electron chi connectivity index (χ0n) is 18.8. The molecule has 0 saturated heterocycles. The number of pyridine rings is 1. The minimum atomic E-state index is -4.54. The Morgan fingerprint density at radius 1 is 1.06 bits per heavy atom. The first kappa shape index (κ1) is 24.1. The Balaban J connectivity index is 1.23. The Bertz CT molecular complexity index is 1260. The summed E-state index contributed by atoms with van der Waals surface area (Å²) in [7, 11) is 0. The largest absolute Gasteiger partial charge is 0.503 e. The third-order valence-corrected chi connectivity index (χ3v) is 7.50. The molecule has 3 aromatic rings. The van der Waals surface area contributed by atoms with Gasteiger partial charge in [-0.05, 0) is 68.2 Å². The molecule has 36 heavy (non-hydrogen) atoms. The van der Waals surface area contributed by atoms with Crippen LogP contribution in [-0.2, 0) is 11.6 Å². The minimum Gasteiger partial charge on any atom is -0.503 e. The van der Waals surface area contributed by atoms with Crippen molar-refractivity contribution < 1.29 is 36.4 Å². The molecule has 3 saturated carbocycles. The summed E-state index contributed by atoms with van der Waals surface area (Å²) in [5.74, 6) is -3.56. The number of hydrogen-bond donors (Lipinski definition) is 2. The van der Waals surface area contributed by atoms with Crippen LogP contribution in [0.3, 0.4) is 0 Å². The van der Waals surface area contributed by atoms with Crippen LogP contribution in [0.25, 0.3) is 11.4 Å². The fourth-order valence-corrected chi connectivity index (χ4v) is 5.17. The maximum absolute atomic E-state index is 13.6. The number of aromatic hydroxyl groups is 1. The van der Waals surface area contributed by atoms with E-state index in [-0.39, 0.29) is 22.2 Å². The number of nitrogens with zero attached hydrogens (tertiary/aromatic N) is 3. The molecule has 1 aromatic carbocycles. The van der Waals surface area contributed by atoms with Crippen molar-refractivity contribution in [1.82, 2.24) is 20.4 Å². The van der Waals surface area contributed by atoms with Crippen LogP contribution in [0.15, 0.2) is 35.0 Å². The zero-order chi connectivity index (χ0) is 25.7. The molecule has 0 radical (unpaired) electrons. The number of phenols is 1. The number of aromatic nitrogens is 3.